The fourth-order valence-corrected chi connectivity index (χ4v) is 4.17. The van der Waals surface area contributed by atoms with Crippen LogP contribution in [0.15, 0.2) is 41.2 Å². The molecule has 0 amide bonds. The largest absolute Gasteiger partial charge is 0.494 e. The van der Waals surface area contributed by atoms with Gasteiger partial charge in [-0.1, -0.05) is 29.3 Å². The van der Waals surface area contributed by atoms with Crippen molar-refractivity contribution in [1.29, 1.82) is 0 Å². The molecule has 1 aromatic heterocycles. The third kappa shape index (κ3) is 4.79. The monoisotopic (exact) mass is 513 g/mol. The summed E-state index contributed by atoms with van der Waals surface area (Å²) in [4.78, 5) is 25.8. The molecule has 0 unspecified atom stereocenters. The van der Waals surface area contributed by atoms with Crippen LogP contribution in [0.25, 0.3) is 22.4 Å². The molecule has 180 valence electrons. The number of pyridine rings is 1. The molecule has 0 aliphatic carbocycles. The van der Waals surface area contributed by atoms with Crippen LogP contribution in [0, 0.1) is 6.92 Å². The number of carboxylic acid groups (broad SMARTS) is 1. The Hall–Kier alpha value is -2.97. The van der Waals surface area contributed by atoms with Crippen LogP contribution in [-0.4, -0.2) is 22.2 Å². The fraction of sp³-hybridized carbons (Fsp3) is 0.250. The summed E-state index contributed by atoms with van der Waals surface area (Å²) in [5, 5.41) is 10.4. The smallest absolute Gasteiger partial charge is 0.416 e. The molecule has 34 heavy (non-hydrogen) atoms. The normalized spacial score (nSPS) is 11.5. The minimum atomic E-state index is -4.70. The average molecular weight is 514 g/mol. The van der Waals surface area contributed by atoms with Gasteiger partial charge in [0.15, 0.2) is 0 Å². The zero-order valence-electron chi connectivity index (χ0n) is 18.4. The summed E-state index contributed by atoms with van der Waals surface area (Å²) < 4.78 is 47.5. The molecule has 3 aromatic rings. The second kappa shape index (κ2) is 9.72. The van der Waals surface area contributed by atoms with Crippen molar-refractivity contribution in [2.45, 2.75) is 33.5 Å². The molecule has 0 spiro atoms. The highest BCUT2D eigenvalue weighted by molar-refractivity contribution is 6.42. The quantitative estimate of drug-likeness (QED) is 0.387. The number of nitrogens with zero attached hydrogens (tertiary/aromatic N) is 1. The number of carboxylic acids is 1. The summed E-state index contributed by atoms with van der Waals surface area (Å²) in [5.41, 5.74) is -2.06. The zero-order valence-corrected chi connectivity index (χ0v) is 19.9. The molecule has 0 fully saturated rings. The van der Waals surface area contributed by atoms with E-state index in [1.165, 1.54) is 24.3 Å². The van der Waals surface area contributed by atoms with Gasteiger partial charge in [-0.3, -0.25) is 4.79 Å². The van der Waals surface area contributed by atoms with Crippen molar-refractivity contribution in [1.82, 2.24) is 4.57 Å². The minimum absolute atomic E-state index is 0.0804. The van der Waals surface area contributed by atoms with Gasteiger partial charge in [0.2, 0.25) is 5.43 Å². The highest BCUT2D eigenvalue weighted by atomic mass is 35.5. The summed E-state index contributed by atoms with van der Waals surface area (Å²) >= 11 is 12.1. The molecular formula is C24H20Cl2F3NO4. The number of benzene rings is 2. The molecule has 0 aliphatic rings. The van der Waals surface area contributed by atoms with Crippen LogP contribution >= 0.6 is 23.2 Å². The van der Waals surface area contributed by atoms with Gasteiger partial charge in [0, 0.05) is 23.4 Å². The van der Waals surface area contributed by atoms with E-state index < -0.39 is 28.7 Å². The summed E-state index contributed by atoms with van der Waals surface area (Å²) in [6.07, 6.45) is -4.70. The second-order valence-electron chi connectivity index (χ2n) is 7.37. The Morgan fingerprint density at radius 1 is 1.06 bits per heavy atom. The number of carbonyl (C=O) groups is 1. The summed E-state index contributed by atoms with van der Waals surface area (Å²) in [6, 6.07) is 7.39. The van der Waals surface area contributed by atoms with E-state index in [4.69, 9.17) is 27.9 Å². The number of ether oxygens (including phenoxy) is 1. The number of halogens is 5. The zero-order chi connectivity index (χ0) is 25.4. The number of hydrogen-bond donors (Lipinski definition) is 1. The number of rotatable bonds is 6. The van der Waals surface area contributed by atoms with E-state index in [9.17, 15) is 27.9 Å². The first-order chi connectivity index (χ1) is 15.9. The molecule has 5 nitrogen and oxygen atoms in total. The molecular weight excluding hydrogens is 494 g/mol. The predicted octanol–water partition coefficient (Wildman–Crippen LogP) is 6.93. The lowest BCUT2D eigenvalue weighted by molar-refractivity contribution is -0.137. The Bertz CT molecular complexity index is 1330. The molecule has 1 N–H and O–H groups in total. The Morgan fingerprint density at radius 2 is 1.74 bits per heavy atom. The standard InChI is InChI=1S/C24H20Cl2F3NO4/c1-4-30-12(3)19(14-8-15(24(27,28)29)11-16(9-14)34-5-2)22(31)20(23(32)33)21(30)13-6-7-17(25)18(26)10-13/h6-11H,4-5H2,1-3H3,(H,32,33). The van der Waals surface area contributed by atoms with Gasteiger partial charge >= 0.3 is 12.1 Å². The lowest BCUT2D eigenvalue weighted by Crippen LogP contribution is -2.25. The SMILES string of the molecule is CCOc1cc(-c2c(C)n(CC)c(-c3ccc(Cl)c(Cl)c3)c(C(=O)O)c2=O)cc(C(F)(F)F)c1. The second-order valence-corrected chi connectivity index (χ2v) is 8.18. The van der Waals surface area contributed by atoms with Crippen LogP contribution < -0.4 is 10.2 Å². The topological polar surface area (TPSA) is 68.5 Å². The summed E-state index contributed by atoms with van der Waals surface area (Å²) in [7, 11) is 0. The first-order valence-corrected chi connectivity index (χ1v) is 11.0. The fourth-order valence-electron chi connectivity index (χ4n) is 3.87. The van der Waals surface area contributed by atoms with Crippen LogP contribution in [-0.2, 0) is 12.7 Å². The van der Waals surface area contributed by atoms with Gasteiger partial charge < -0.3 is 14.4 Å². The Morgan fingerprint density at radius 3 is 2.26 bits per heavy atom. The van der Waals surface area contributed by atoms with Crippen molar-refractivity contribution in [3.63, 3.8) is 0 Å². The molecule has 1 heterocycles. The molecule has 0 radical (unpaired) electrons. The van der Waals surface area contributed by atoms with Crippen LogP contribution in [0.1, 0.15) is 35.5 Å². The van der Waals surface area contributed by atoms with Crippen molar-refractivity contribution in [3.05, 3.63) is 73.5 Å². The van der Waals surface area contributed by atoms with E-state index in [1.807, 2.05) is 0 Å². The van der Waals surface area contributed by atoms with Gasteiger partial charge in [0.1, 0.15) is 11.3 Å². The van der Waals surface area contributed by atoms with Crippen LogP contribution in [0.2, 0.25) is 10.0 Å². The Kier molecular flexibility index (Phi) is 7.33. The van der Waals surface area contributed by atoms with E-state index >= 15 is 0 Å². The van der Waals surface area contributed by atoms with Gasteiger partial charge in [-0.25, -0.2) is 4.79 Å². The van der Waals surface area contributed by atoms with Crippen molar-refractivity contribution >= 4 is 29.2 Å². The molecule has 0 atom stereocenters. The van der Waals surface area contributed by atoms with Gasteiger partial charge in [-0.05, 0) is 56.7 Å². The van der Waals surface area contributed by atoms with E-state index in [-0.39, 0.29) is 45.8 Å². The van der Waals surface area contributed by atoms with Gasteiger partial charge in [-0.2, -0.15) is 13.2 Å². The van der Waals surface area contributed by atoms with E-state index in [0.717, 1.165) is 12.1 Å². The first-order valence-electron chi connectivity index (χ1n) is 10.2. The first kappa shape index (κ1) is 25.6. The van der Waals surface area contributed by atoms with E-state index in [0.29, 0.717) is 11.3 Å². The number of aromatic nitrogens is 1. The van der Waals surface area contributed by atoms with E-state index in [1.54, 1.807) is 25.3 Å². The molecule has 10 heteroatoms. The van der Waals surface area contributed by atoms with Crippen molar-refractivity contribution in [3.8, 4) is 28.1 Å². The highest BCUT2D eigenvalue weighted by Gasteiger charge is 2.33. The molecule has 3 rings (SSSR count). The van der Waals surface area contributed by atoms with Crippen molar-refractivity contribution < 1.29 is 27.8 Å². The van der Waals surface area contributed by atoms with Gasteiger partial charge in [-0.15, -0.1) is 0 Å². The van der Waals surface area contributed by atoms with Crippen LogP contribution in [0.3, 0.4) is 0 Å². The summed E-state index contributed by atoms with van der Waals surface area (Å²) in [6.45, 7) is 5.23. The maximum Gasteiger partial charge on any atom is 0.416 e. The number of alkyl halides is 3. The average Bonchev–Trinajstić information content (AvgIpc) is 2.74. The third-order valence-corrected chi connectivity index (χ3v) is 6.02. The number of aromatic carboxylic acids is 1. The van der Waals surface area contributed by atoms with Crippen molar-refractivity contribution in [2.24, 2.45) is 0 Å². The van der Waals surface area contributed by atoms with Gasteiger partial charge in [0.05, 0.1) is 27.9 Å². The van der Waals surface area contributed by atoms with Crippen LogP contribution in [0.4, 0.5) is 13.2 Å². The molecule has 0 bridgehead atoms. The minimum Gasteiger partial charge on any atom is -0.494 e. The van der Waals surface area contributed by atoms with E-state index in [2.05, 4.69) is 0 Å². The molecule has 2 aromatic carbocycles. The highest BCUT2D eigenvalue weighted by Crippen LogP contribution is 2.37. The molecule has 0 saturated heterocycles. The summed E-state index contributed by atoms with van der Waals surface area (Å²) in [5.74, 6) is -1.61. The molecule has 0 aliphatic heterocycles. The third-order valence-electron chi connectivity index (χ3n) is 5.28. The molecule has 0 saturated carbocycles. The van der Waals surface area contributed by atoms with Gasteiger partial charge in [0.25, 0.3) is 0 Å². The number of hydrogen-bond acceptors (Lipinski definition) is 3. The maximum absolute atomic E-state index is 13.6. The lowest BCUT2D eigenvalue weighted by Gasteiger charge is -2.22. The Balaban J connectivity index is 2.45. The predicted molar refractivity (Wildman–Crippen MR) is 125 cm³/mol. The Labute approximate surface area is 203 Å². The van der Waals surface area contributed by atoms with Crippen LogP contribution in [0.5, 0.6) is 5.75 Å². The van der Waals surface area contributed by atoms with Crippen molar-refractivity contribution in [2.75, 3.05) is 6.61 Å². The lowest BCUT2D eigenvalue weighted by atomic mass is 9.95. The maximum atomic E-state index is 13.6.